The van der Waals surface area contributed by atoms with Crippen molar-refractivity contribution >= 4 is 0 Å². The van der Waals surface area contributed by atoms with E-state index >= 15 is 0 Å². The second-order valence-corrected chi connectivity index (χ2v) is 2.97. The summed E-state index contributed by atoms with van der Waals surface area (Å²) < 4.78 is 0. The van der Waals surface area contributed by atoms with Gasteiger partial charge in [-0.3, -0.25) is 0 Å². The van der Waals surface area contributed by atoms with Gasteiger partial charge in [0.1, 0.15) is 0 Å². The van der Waals surface area contributed by atoms with Gasteiger partial charge in [-0.25, -0.2) is 0 Å². The second-order valence-electron chi connectivity index (χ2n) is 2.97. The van der Waals surface area contributed by atoms with Gasteiger partial charge < -0.3 is 9.88 Å². The SMILES string of the molecule is CCN(CC)CCc1ccc[nH]1. The minimum atomic E-state index is 1.13. The Labute approximate surface area is 74.6 Å². The predicted octanol–water partition coefficient (Wildman–Crippen LogP) is 1.90. The van der Waals surface area contributed by atoms with Gasteiger partial charge in [0.15, 0.2) is 0 Å². The molecule has 0 radical (unpaired) electrons. The maximum atomic E-state index is 3.21. The van der Waals surface area contributed by atoms with Crippen LogP contribution >= 0.6 is 0 Å². The van der Waals surface area contributed by atoms with Crippen LogP contribution < -0.4 is 0 Å². The van der Waals surface area contributed by atoms with Gasteiger partial charge in [0, 0.05) is 24.9 Å². The van der Waals surface area contributed by atoms with Crippen LogP contribution in [-0.4, -0.2) is 29.5 Å². The molecule has 0 aliphatic heterocycles. The van der Waals surface area contributed by atoms with Crippen molar-refractivity contribution in [3.05, 3.63) is 24.0 Å². The fourth-order valence-corrected chi connectivity index (χ4v) is 1.34. The Hall–Kier alpha value is -0.760. The molecule has 0 saturated carbocycles. The molecule has 2 nitrogen and oxygen atoms in total. The summed E-state index contributed by atoms with van der Waals surface area (Å²) in [6, 6.07) is 4.20. The normalized spacial score (nSPS) is 10.9. The lowest BCUT2D eigenvalue weighted by atomic mass is 10.3. The van der Waals surface area contributed by atoms with E-state index < -0.39 is 0 Å². The third-order valence-electron chi connectivity index (χ3n) is 2.25. The topological polar surface area (TPSA) is 19.0 Å². The van der Waals surface area contributed by atoms with E-state index in [2.05, 4.69) is 35.9 Å². The van der Waals surface area contributed by atoms with E-state index in [0.717, 1.165) is 26.1 Å². The molecule has 0 atom stereocenters. The van der Waals surface area contributed by atoms with Crippen LogP contribution in [0.3, 0.4) is 0 Å². The van der Waals surface area contributed by atoms with Crippen LogP contribution in [0, 0.1) is 0 Å². The van der Waals surface area contributed by atoms with Gasteiger partial charge in [-0.1, -0.05) is 13.8 Å². The maximum absolute atomic E-state index is 3.21. The Balaban J connectivity index is 2.25. The minimum absolute atomic E-state index is 1.13. The Morgan fingerprint density at radius 3 is 2.58 bits per heavy atom. The van der Waals surface area contributed by atoms with Crippen molar-refractivity contribution in [3.8, 4) is 0 Å². The molecule has 0 spiro atoms. The zero-order valence-electron chi connectivity index (χ0n) is 8.01. The minimum Gasteiger partial charge on any atom is -0.365 e. The third kappa shape index (κ3) is 2.70. The number of nitrogens with one attached hydrogen (secondary N) is 1. The fraction of sp³-hybridized carbons (Fsp3) is 0.600. The summed E-state index contributed by atoms with van der Waals surface area (Å²) in [6.07, 6.45) is 3.12. The van der Waals surface area contributed by atoms with E-state index in [1.807, 2.05) is 6.20 Å². The average molecular weight is 166 g/mol. The van der Waals surface area contributed by atoms with Crippen molar-refractivity contribution in [2.45, 2.75) is 20.3 Å². The summed E-state index contributed by atoms with van der Waals surface area (Å²) in [5.41, 5.74) is 1.34. The van der Waals surface area contributed by atoms with Crippen LogP contribution in [0.1, 0.15) is 19.5 Å². The summed E-state index contributed by atoms with van der Waals surface area (Å²) in [4.78, 5) is 5.65. The van der Waals surface area contributed by atoms with E-state index in [1.165, 1.54) is 5.69 Å². The van der Waals surface area contributed by atoms with Gasteiger partial charge in [0.25, 0.3) is 0 Å². The van der Waals surface area contributed by atoms with Crippen LogP contribution in [-0.2, 0) is 6.42 Å². The first kappa shape index (κ1) is 9.33. The number of hydrogen-bond donors (Lipinski definition) is 1. The lowest BCUT2D eigenvalue weighted by molar-refractivity contribution is 0.307. The number of hydrogen-bond acceptors (Lipinski definition) is 1. The summed E-state index contributed by atoms with van der Waals surface area (Å²) in [5.74, 6) is 0. The summed E-state index contributed by atoms with van der Waals surface area (Å²) in [7, 11) is 0. The number of aromatic amines is 1. The van der Waals surface area contributed by atoms with E-state index in [1.54, 1.807) is 0 Å². The highest BCUT2D eigenvalue weighted by Gasteiger charge is 1.99. The van der Waals surface area contributed by atoms with E-state index in [9.17, 15) is 0 Å². The maximum Gasteiger partial charge on any atom is 0.0159 e. The highest BCUT2D eigenvalue weighted by atomic mass is 15.1. The second kappa shape index (κ2) is 4.99. The summed E-state index contributed by atoms with van der Waals surface area (Å²) in [5, 5.41) is 0. The molecular formula is C10H18N2. The molecule has 0 fully saturated rings. The van der Waals surface area contributed by atoms with Gasteiger partial charge in [-0.2, -0.15) is 0 Å². The first-order chi connectivity index (χ1) is 5.86. The molecule has 1 aromatic heterocycles. The molecular weight excluding hydrogens is 148 g/mol. The highest BCUT2D eigenvalue weighted by molar-refractivity contribution is 5.03. The number of H-pyrrole nitrogens is 1. The van der Waals surface area contributed by atoms with E-state index in [4.69, 9.17) is 0 Å². The zero-order valence-corrected chi connectivity index (χ0v) is 8.01. The lowest BCUT2D eigenvalue weighted by Crippen LogP contribution is -2.25. The average Bonchev–Trinajstić information content (AvgIpc) is 2.59. The van der Waals surface area contributed by atoms with Crippen LogP contribution in [0.2, 0.25) is 0 Å². The molecule has 0 amide bonds. The molecule has 68 valence electrons. The van der Waals surface area contributed by atoms with Crippen molar-refractivity contribution in [1.82, 2.24) is 9.88 Å². The van der Waals surface area contributed by atoms with Crippen LogP contribution in [0.4, 0.5) is 0 Å². The summed E-state index contributed by atoms with van der Waals surface area (Å²) in [6.45, 7) is 7.87. The van der Waals surface area contributed by atoms with Gasteiger partial charge in [0.2, 0.25) is 0 Å². The van der Waals surface area contributed by atoms with Crippen LogP contribution in [0.15, 0.2) is 18.3 Å². The van der Waals surface area contributed by atoms with Crippen molar-refractivity contribution in [2.24, 2.45) is 0 Å². The molecule has 0 bridgehead atoms. The lowest BCUT2D eigenvalue weighted by Gasteiger charge is -2.16. The van der Waals surface area contributed by atoms with E-state index in [0.29, 0.717) is 0 Å². The monoisotopic (exact) mass is 166 g/mol. The van der Waals surface area contributed by atoms with Crippen LogP contribution in [0.5, 0.6) is 0 Å². The van der Waals surface area contributed by atoms with Crippen molar-refractivity contribution in [1.29, 1.82) is 0 Å². The van der Waals surface area contributed by atoms with Crippen LogP contribution in [0.25, 0.3) is 0 Å². The highest BCUT2D eigenvalue weighted by Crippen LogP contribution is 1.97. The van der Waals surface area contributed by atoms with Gasteiger partial charge in [-0.15, -0.1) is 0 Å². The molecule has 0 saturated heterocycles. The molecule has 1 aromatic rings. The Kier molecular flexibility index (Phi) is 3.88. The van der Waals surface area contributed by atoms with Crippen molar-refractivity contribution in [2.75, 3.05) is 19.6 Å². The first-order valence-corrected chi connectivity index (χ1v) is 4.71. The number of likely N-dealkylation sites (N-methyl/N-ethyl adjacent to an activating group) is 1. The quantitative estimate of drug-likeness (QED) is 0.708. The molecule has 0 aliphatic carbocycles. The number of rotatable bonds is 5. The molecule has 1 rings (SSSR count). The molecule has 0 aliphatic rings. The van der Waals surface area contributed by atoms with Gasteiger partial charge in [0.05, 0.1) is 0 Å². The predicted molar refractivity (Wildman–Crippen MR) is 52.3 cm³/mol. The standard InChI is InChI=1S/C10H18N2/c1-3-12(4-2)9-7-10-6-5-8-11-10/h5-6,8,11H,3-4,7,9H2,1-2H3. The Morgan fingerprint density at radius 2 is 2.08 bits per heavy atom. The van der Waals surface area contributed by atoms with Crippen molar-refractivity contribution in [3.63, 3.8) is 0 Å². The molecule has 2 heteroatoms. The number of aromatic nitrogens is 1. The molecule has 0 aromatic carbocycles. The molecule has 0 unspecified atom stereocenters. The van der Waals surface area contributed by atoms with Gasteiger partial charge in [-0.05, 0) is 25.2 Å². The molecule has 1 heterocycles. The van der Waals surface area contributed by atoms with Crippen molar-refractivity contribution < 1.29 is 0 Å². The third-order valence-corrected chi connectivity index (χ3v) is 2.25. The first-order valence-electron chi connectivity index (χ1n) is 4.71. The summed E-state index contributed by atoms with van der Waals surface area (Å²) >= 11 is 0. The Morgan fingerprint density at radius 1 is 1.33 bits per heavy atom. The largest absolute Gasteiger partial charge is 0.365 e. The number of nitrogens with zero attached hydrogens (tertiary/aromatic N) is 1. The molecule has 12 heavy (non-hydrogen) atoms. The fourth-order valence-electron chi connectivity index (χ4n) is 1.34. The zero-order chi connectivity index (χ0) is 8.81. The van der Waals surface area contributed by atoms with E-state index in [-0.39, 0.29) is 0 Å². The van der Waals surface area contributed by atoms with Gasteiger partial charge >= 0.3 is 0 Å². The Bertz CT molecular complexity index is 188. The smallest absolute Gasteiger partial charge is 0.0159 e. The molecule has 1 N–H and O–H groups in total.